The van der Waals surface area contributed by atoms with Crippen LogP contribution in [0, 0.1) is 5.82 Å². The van der Waals surface area contributed by atoms with E-state index in [1.807, 2.05) is 11.0 Å². The Balaban J connectivity index is 2.28. The lowest BCUT2D eigenvalue weighted by Crippen LogP contribution is -2.27. The molecule has 2 unspecified atom stereocenters. The van der Waals surface area contributed by atoms with E-state index in [0.717, 1.165) is 5.56 Å². The second-order valence-electron chi connectivity index (χ2n) is 4.33. The monoisotopic (exact) mass is 317 g/mol. The Morgan fingerprint density at radius 2 is 1.89 bits per heavy atom. The number of anilines is 1. The number of hydrogen-bond acceptors (Lipinski definition) is 3. The maximum absolute atomic E-state index is 14.0. The van der Waals surface area contributed by atoms with Crippen LogP contribution in [0.1, 0.15) is 5.56 Å². The number of ether oxygens (including phenoxy) is 2. The van der Waals surface area contributed by atoms with Crippen LogP contribution in [-0.4, -0.2) is 39.5 Å². The lowest BCUT2D eigenvalue weighted by molar-refractivity contribution is -0.00461. The van der Waals surface area contributed by atoms with Crippen molar-refractivity contribution in [2.45, 2.75) is 17.5 Å². The van der Waals surface area contributed by atoms with Crippen molar-refractivity contribution in [2.24, 2.45) is 0 Å². The predicted octanol–water partition coefficient (Wildman–Crippen LogP) is 2.57. The average molecular weight is 318 g/mol. The number of halogens is 2. The molecule has 3 nitrogen and oxygen atoms in total. The first-order valence-corrected chi connectivity index (χ1v) is 6.97. The smallest absolute Gasteiger partial charge is 0.146 e. The van der Waals surface area contributed by atoms with Gasteiger partial charge in [0, 0.05) is 32.6 Å². The topological polar surface area (TPSA) is 21.7 Å². The molecule has 0 N–H and O–H groups in total. The zero-order chi connectivity index (χ0) is 13.1. The molecule has 0 saturated carbocycles. The Kier molecular flexibility index (Phi) is 4.59. The van der Waals surface area contributed by atoms with E-state index in [4.69, 9.17) is 9.47 Å². The molecule has 1 aliphatic heterocycles. The van der Waals surface area contributed by atoms with Crippen LogP contribution in [-0.2, 0) is 14.8 Å². The van der Waals surface area contributed by atoms with Gasteiger partial charge in [-0.15, -0.1) is 0 Å². The summed E-state index contributed by atoms with van der Waals surface area (Å²) >= 11 is 3.40. The van der Waals surface area contributed by atoms with Crippen LogP contribution in [0.2, 0.25) is 0 Å². The molecular weight excluding hydrogens is 301 g/mol. The first-order valence-electron chi connectivity index (χ1n) is 5.85. The van der Waals surface area contributed by atoms with Gasteiger partial charge < -0.3 is 14.4 Å². The molecule has 1 aromatic carbocycles. The van der Waals surface area contributed by atoms with Crippen molar-refractivity contribution < 1.29 is 13.9 Å². The summed E-state index contributed by atoms with van der Waals surface area (Å²) in [6, 6.07) is 5.14. The van der Waals surface area contributed by atoms with E-state index in [9.17, 15) is 4.39 Å². The van der Waals surface area contributed by atoms with Crippen molar-refractivity contribution in [3.8, 4) is 0 Å². The second-order valence-corrected chi connectivity index (χ2v) is 4.90. The largest absolute Gasteiger partial charge is 0.377 e. The van der Waals surface area contributed by atoms with E-state index < -0.39 is 0 Å². The molecule has 100 valence electrons. The molecule has 5 heteroatoms. The third-order valence-electron chi connectivity index (χ3n) is 3.35. The molecule has 2 atom stereocenters. The Morgan fingerprint density at radius 1 is 1.28 bits per heavy atom. The van der Waals surface area contributed by atoms with Crippen LogP contribution in [0.5, 0.6) is 0 Å². The van der Waals surface area contributed by atoms with Gasteiger partial charge in [0.1, 0.15) is 18.0 Å². The minimum Gasteiger partial charge on any atom is -0.377 e. The molecule has 0 aliphatic carbocycles. The Morgan fingerprint density at radius 3 is 2.39 bits per heavy atom. The number of nitrogens with zero attached hydrogens (tertiary/aromatic N) is 1. The average Bonchev–Trinajstić information content (AvgIpc) is 2.81. The summed E-state index contributed by atoms with van der Waals surface area (Å²) in [5.41, 5.74) is 1.59. The van der Waals surface area contributed by atoms with Crippen LogP contribution in [0.3, 0.4) is 0 Å². The van der Waals surface area contributed by atoms with Gasteiger partial charge in [-0.3, -0.25) is 0 Å². The van der Waals surface area contributed by atoms with E-state index in [2.05, 4.69) is 15.9 Å². The highest BCUT2D eigenvalue weighted by Gasteiger charge is 2.34. The van der Waals surface area contributed by atoms with Gasteiger partial charge in [-0.2, -0.15) is 0 Å². The highest BCUT2D eigenvalue weighted by Crippen LogP contribution is 2.30. The third kappa shape index (κ3) is 2.53. The fourth-order valence-electron chi connectivity index (χ4n) is 2.40. The standard InChI is InChI=1S/C13H17BrFNO2/c1-17-11-7-16(8-12(11)18-2)13-9(6-14)4-3-5-10(13)15/h3-5,11-12H,6-8H2,1-2H3. The number of para-hydroxylation sites is 1. The summed E-state index contributed by atoms with van der Waals surface area (Å²) in [6.07, 6.45) is -0.0319. The number of methoxy groups -OCH3 is 2. The van der Waals surface area contributed by atoms with Crippen LogP contribution in [0.25, 0.3) is 0 Å². The Labute approximate surface area is 115 Å². The lowest BCUT2D eigenvalue weighted by atomic mass is 10.2. The van der Waals surface area contributed by atoms with Crippen molar-refractivity contribution in [3.05, 3.63) is 29.6 Å². The van der Waals surface area contributed by atoms with Crippen LogP contribution >= 0.6 is 15.9 Å². The minimum atomic E-state index is -0.196. The molecule has 1 saturated heterocycles. The molecular formula is C13H17BrFNO2. The molecule has 2 rings (SSSR count). The molecule has 18 heavy (non-hydrogen) atoms. The maximum atomic E-state index is 14.0. The zero-order valence-corrected chi connectivity index (χ0v) is 12.1. The molecule has 0 radical (unpaired) electrons. The first kappa shape index (κ1) is 13.8. The maximum Gasteiger partial charge on any atom is 0.146 e. The normalized spacial score (nSPS) is 23.7. The highest BCUT2D eigenvalue weighted by molar-refractivity contribution is 9.08. The molecule has 1 aliphatic rings. The van der Waals surface area contributed by atoms with Gasteiger partial charge in [-0.1, -0.05) is 28.1 Å². The van der Waals surface area contributed by atoms with Gasteiger partial charge in [0.2, 0.25) is 0 Å². The first-order chi connectivity index (χ1) is 8.71. The van der Waals surface area contributed by atoms with Gasteiger partial charge in [0.25, 0.3) is 0 Å². The summed E-state index contributed by atoms with van der Waals surface area (Å²) in [7, 11) is 3.32. The van der Waals surface area contributed by atoms with Gasteiger partial charge in [-0.25, -0.2) is 4.39 Å². The fourth-order valence-corrected chi connectivity index (χ4v) is 2.85. The van der Waals surface area contributed by atoms with Crippen molar-refractivity contribution in [1.29, 1.82) is 0 Å². The Hall–Kier alpha value is -0.650. The van der Waals surface area contributed by atoms with Gasteiger partial charge in [0.15, 0.2) is 0 Å². The van der Waals surface area contributed by atoms with E-state index in [1.165, 1.54) is 6.07 Å². The minimum absolute atomic E-state index is 0.0159. The summed E-state index contributed by atoms with van der Waals surface area (Å²) in [4.78, 5) is 1.99. The Bertz CT molecular complexity index is 404. The van der Waals surface area contributed by atoms with Gasteiger partial charge >= 0.3 is 0 Å². The number of hydrogen-bond donors (Lipinski definition) is 0. The second kappa shape index (κ2) is 5.99. The quantitative estimate of drug-likeness (QED) is 0.797. The van der Waals surface area contributed by atoms with Crippen LogP contribution in [0.4, 0.5) is 10.1 Å². The number of benzene rings is 1. The molecule has 0 amide bonds. The summed E-state index contributed by atoms with van der Waals surface area (Å²) in [5.74, 6) is -0.196. The molecule has 0 bridgehead atoms. The van der Waals surface area contributed by atoms with Crippen molar-refractivity contribution in [3.63, 3.8) is 0 Å². The van der Waals surface area contributed by atoms with Crippen molar-refractivity contribution in [1.82, 2.24) is 0 Å². The molecule has 1 heterocycles. The molecule has 0 aromatic heterocycles. The molecule has 1 fully saturated rings. The predicted molar refractivity (Wildman–Crippen MR) is 72.8 cm³/mol. The van der Waals surface area contributed by atoms with Crippen molar-refractivity contribution >= 4 is 21.6 Å². The van der Waals surface area contributed by atoms with Gasteiger partial charge in [-0.05, 0) is 11.6 Å². The van der Waals surface area contributed by atoms with Crippen molar-refractivity contribution in [2.75, 3.05) is 32.2 Å². The summed E-state index contributed by atoms with van der Waals surface area (Å²) < 4.78 is 24.8. The SMILES string of the molecule is COC1CN(c2c(F)cccc2CBr)CC1OC. The van der Waals surface area contributed by atoms with Gasteiger partial charge in [0.05, 0.1) is 5.69 Å². The van der Waals surface area contributed by atoms with Crippen LogP contribution in [0.15, 0.2) is 18.2 Å². The highest BCUT2D eigenvalue weighted by atomic mass is 79.9. The summed E-state index contributed by atoms with van der Waals surface area (Å²) in [5, 5.41) is 0.631. The molecule has 0 spiro atoms. The molecule has 1 aromatic rings. The lowest BCUT2D eigenvalue weighted by Gasteiger charge is -2.21. The summed E-state index contributed by atoms with van der Waals surface area (Å²) in [6.45, 7) is 1.30. The van der Waals surface area contributed by atoms with E-state index >= 15 is 0 Å². The van der Waals surface area contributed by atoms with E-state index in [-0.39, 0.29) is 18.0 Å². The fraction of sp³-hybridized carbons (Fsp3) is 0.538. The zero-order valence-electron chi connectivity index (χ0n) is 10.5. The third-order valence-corrected chi connectivity index (χ3v) is 3.96. The number of alkyl halides is 1. The van der Waals surface area contributed by atoms with Crippen LogP contribution < -0.4 is 4.90 Å². The van der Waals surface area contributed by atoms with E-state index in [1.54, 1.807) is 20.3 Å². The number of rotatable bonds is 4. The van der Waals surface area contributed by atoms with E-state index in [0.29, 0.717) is 24.1 Å².